The Balaban J connectivity index is 2.42. The van der Waals surface area contributed by atoms with Crippen molar-refractivity contribution >= 4 is 15.9 Å². The minimum absolute atomic E-state index is 0.404. The van der Waals surface area contributed by atoms with Gasteiger partial charge in [-0.1, -0.05) is 34.1 Å². The first-order chi connectivity index (χ1) is 7.18. The molecular weight excluding hydrogens is 252 g/mol. The molecule has 2 rings (SSSR count). The molecule has 0 unspecified atom stereocenters. The molecule has 0 bridgehead atoms. The third kappa shape index (κ3) is 2.12. The van der Waals surface area contributed by atoms with E-state index in [9.17, 15) is 0 Å². The van der Waals surface area contributed by atoms with Crippen LogP contribution in [0.3, 0.4) is 0 Å². The number of aromatic nitrogens is 2. The van der Waals surface area contributed by atoms with Gasteiger partial charge in [0.1, 0.15) is 0 Å². The van der Waals surface area contributed by atoms with Crippen molar-refractivity contribution in [2.45, 2.75) is 19.9 Å². The zero-order valence-corrected chi connectivity index (χ0v) is 10.4. The van der Waals surface area contributed by atoms with Gasteiger partial charge >= 0.3 is 0 Å². The standard InChI is InChI=1S/C12H13BrN2/c1-9(2)15-8-7-12(14-15)10-5-3-4-6-11(10)13/h3-9H,1-2H3. The molecule has 0 fully saturated rings. The average molecular weight is 265 g/mol. The molecule has 0 spiro atoms. The van der Waals surface area contributed by atoms with Crippen LogP contribution in [0.15, 0.2) is 41.0 Å². The second-order valence-corrected chi connectivity index (χ2v) is 4.61. The molecule has 1 aromatic heterocycles. The van der Waals surface area contributed by atoms with E-state index in [2.05, 4.69) is 40.9 Å². The Hall–Kier alpha value is -1.09. The zero-order valence-electron chi connectivity index (χ0n) is 8.81. The van der Waals surface area contributed by atoms with Crippen LogP contribution < -0.4 is 0 Å². The lowest BCUT2D eigenvalue weighted by Gasteiger charge is -2.04. The van der Waals surface area contributed by atoms with Gasteiger partial charge in [-0.2, -0.15) is 5.10 Å². The third-order valence-electron chi connectivity index (χ3n) is 2.29. The van der Waals surface area contributed by atoms with Crippen molar-refractivity contribution in [3.63, 3.8) is 0 Å². The van der Waals surface area contributed by atoms with Crippen molar-refractivity contribution in [1.29, 1.82) is 0 Å². The first kappa shape index (κ1) is 10.4. The molecule has 0 saturated carbocycles. The minimum Gasteiger partial charge on any atom is -0.270 e. The van der Waals surface area contributed by atoms with E-state index < -0.39 is 0 Å². The minimum atomic E-state index is 0.404. The maximum Gasteiger partial charge on any atom is 0.0934 e. The van der Waals surface area contributed by atoms with Crippen LogP contribution in [0, 0.1) is 0 Å². The highest BCUT2D eigenvalue weighted by Crippen LogP contribution is 2.26. The van der Waals surface area contributed by atoms with Crippen LogP contribution in [0.2, 0.25) is 0 Å². The van der Waals surface area contributed by atoms with Gasteiger partial charge in [0.05, 0.1) is 5.69 Å². The Morgan fingerprint density at radius 1 is 1.20 bits per heavy atom. The zero-order chi connectivity index (χ0) is 10.8. The predicted octanol–water partition coefficient (Wildman–Crippen LogP) is 3.89. The van der Waals surface area contributed by atoms with E-state index >= 15 is 0 Å². The molecule has 15 heavy (non-hydrogen) atoms. The smallest absolute Gasteiger partial charge is 0.0934 e. The first-order valence-electron chi connectivity index (χ1n) is 4.98. The molecule has 0 aliphatic heterocycles. The molecule has 1 aromatic carbocycles. The number of benzene rings is 1. The van der Waals surface area contributed by atoms with E-state index in [-0.39, 0.29) is 0 Å². The van der Waals surface area contributed by atoms with Crippen molar-refractivity contribution in [2.75, 3.05) is 0 Å². The number of hydrogen-bond donors (Lipinski definition) is 0. The summed E-state index contributed by atoms with van der Waals surface area (Å²) < 4.78 is 3.05. The van der Waals surface area contributed by atoms with Gasteiger partial charge < -0.3 is 0 Å². The highest BCUT2D eigenvalue weighted by molar-refractivity contribution is 9.10. The first-order valence-corrected chi connectivity index (χ1v) is 5.78. The van der Waals surface area contributed by atoms with Gasteiger partial charge in [0.25, 0.3) is 0 Å². The fourth-order valence-electron chi connectivity index (χ4n) is 1.44. The third-order valence-corrected chi connectivity index (χ3v) is 2.98. The number of rotatable bonds is 2. The molecule has 0 N–H and O–H groups in total. The van der Waals surface area contributed by atoms with Crippen LogP contribution in [0.1, 0.15) is 19.9 Å². The van der Waals surface area contributed by atoms with E-state index in [1.165, 1.54) is 0 Å². The molecule has 0 atom stereocenters. The van der Waals surface area contributed by atoms with Crippen LogP contribution in [0.5, 0.6) is 0 Å². The summed E-state index contributed by atoms with van der Waals surface area (Å²) in [6.07, 6.45) is 2.01. The summed E-state index contributed by atoms with van der Waals surface area (Å²) in [5, 5.41) is 4.53. The van der Waals surface area contributed by atoms with Crippen LogP contribution in [-0.4, -0.2) is 9.78 Å². The Labute approximate surface area is 98.1 Å². The van der Waals surface area contributed by atoms with Crippen molar-refractivity contribution in [1.82, 2.24) is 9.78 Å². The lowest BCUT2D eigenvalue weighted by Crippen LogP contribution is -2.00. The fraction of sp³-hybridized carbons (Fsp3) is 0.250. The SMILES string of the molecule is CC(C)n1ccc(-c2ccccc2Br)n1. The summed E-state index contributed by atoms with van der Waals surface area (Å²) in [7, 11) is 0. The van der Waals surface area contributed by atoms with Crippen LogP contribution in [0.25, 0.3) is 11.3 Å². The maximum absolute atomic E-state index is 4.53. The molecule has 78 valence electrons. The molecule has 1 heterocycles. The van der Waals surface area contributed by atoms with Crippen LogP contribution in [-0.2, 0) is 0 Å². The van der Waals surface area contributed by atoms with Gasteiger partial charge in [-0.15, -0.1) is 0 Å². The quantitative estimate of drug-likeness (QED) is 0.805. The summed E-state index contributed by atoms with van der Waals surface area (Å²) in [5.74, 6) is 0. The maximum atomic E-state index is 4.53. The van der Waals surface area contributed by atoms with Crippen molar-refractivity contribution in [3.05, 3.63) is 41.0 Å². The molecule has 3 heteroatoms. The molecule has 2 nitrogen and oxygen atoms in total. The average Bonchev–Trinajstić information content (AvgIpc) is 2.67. The molecule has 0 aliphatic rings. The van der Waals surface area contributed by atoms with Crippen LogP contribution in [0.4, 0.5) is 0 Å². The van der Waals surface area contributed by atoms with Gasteiger partial charge in [0, 0.05) is 22.3 Å². The topological polar surface area (TPSA) is 17.8 Å². The highest BCUT2D eigenvalue weighted by atomic mass is 79.9. The molecule has 0 saturated heterocycles. The van der Waals surface area contributed by atoms with Gasteiger partial charge in [-0.05, 0) is 26.0 Å². The van der Waals surface area contributed by atoms with Crippen LogP contribution >= 0.6 is 15.9 Å². The van der Waals surface area contributed by atoms with E-state index in [1.807, 2.05) is 35.1 Å². The van der Waals surface area contributed by atoms with E-state index in [0.717, 1.165) is 15.7 Å². The molecule has 0 aliphatic carbocycles. The fourth-order valence-corrected chi connectivity index (χ4v) is 1.93. The molecule has 2 aromatic rings. The van der Waals surface area contributed by atoms with Gasteiger partial charge in [0.2, 0.25) is 0 Å². The molecule has 0 radical (unpaired) electrons. The summed E-state index contributed by atoms with van der Waals surface area (Å²) in [4.78, 5) is 0. The lowest BCUT2D eigenvalue weighted by atomic mass is 10.2. The van der Waals surface area contributed by atoms with Crippen molar-refractivity contribution < 1.29 is 0 Å². The Morgan fingerprint density at radius 2 is 1.93 bits per heavy atom. The Bertz CT molecular complexity index is 460. The van der Waals surface area contributed by atoms with Crippen molar-refractivity contribution in [3.8, 4) is 11.3 Å². The summed E-state index contributed by atoms with van der Waals surface area (Å²) in [5.41, 5.74) is 2.15. The number of nitrogens with zero attached hydrogens (tertiary/aromatic N) is 2. The van der Waals surface area contributed by atoms with Crippen molar-refractivity contribution in [2.24, 2.45) is 0 Å². The second kappa shape index (κ2) is 4.19. The molecule has 0 amide bonds. The van der Waals surface area contributed by atoms with Gasteiger partial charge in [-0.25, -0.2) is 0 Å². The highest BCUT2D eigenvalue weighted by Gasteiger charge is 2.06. The van der Waals surface area contributed by atoms with E-state index in [1.54, 1.807) is 0 Å². The largest absolute Gasteiger partial charge is 0.270 e. The normalized spacial score (nSPS) is 10.9. The number of halogens is 1. The van der Waals surface area contributed by atoms with E-state index in [4.69, 9.17) is 0 Å². The van der Waals surface area contributed by atoms with E-state index in [0.29, 0.717) is 6.04 Å². The Kier molecular flexibility index (Phi) is 2.91. The van der Waals surface area contributed by atoms with Gasteiger partial charge in [-0.3, -0.25) is 4.68 Å². The number of hydrogen-bond acceptors (Lipinski definition) is 1. The summed E-state index contributed by atoms with van der Waals surface area (Å²) >= 11 is 3.53. The van der Waals surface area contributed by atoms with Gasteiger partial charge in [0.15, 0.2) is 0 Å². The Morgan fingerprint density at radius 3 is 2.53 bits per heavy atom. The molecular formula is C12H13BrN2. The summed E-state index contributed by atoms with van der Waals surface area (Å²) in [6, 6.07) is 10.6. The monoisotopic (exact) mass is 264 g/mol. The predicted molar refractivity (Wildman–Crippen MR) is 65.7 cm³/mol. The lowest BCUT2D eigenvalue weighted by molar-refractivity contribution is 0.534. The second-order valence-electron chi connectivity index (χ2n) is 3.75. The summed E-state index contributed by atoms with van der Waals surface area (Å²) in [6.45, 7) is 4.24.